The average molecular weight is 431 g/mol. The number of nitrogens with one attached hydrogen (secondary N) is 1. The van der Waals surface area contributed by atoms with E-state index in [1.807, 2.05) is 12.1 Å². The fraction of sp³-hybridized carbons (Fsp3) is 0.150. The number of anilines is 1. The molecule has 0 saturated heterocycles. The molecule has 0 atom stereocenters. The number of ether oxygens (including phenoxy) is 2. The first-order chi connectivity index (χ1) is 14.5. The predicted octanol–water partition coefficient (Wildman–Crippen LogP) is 3.42. The molecule has 0 aliphatic carbocycles. The van der Waals surface area contributed by atoms with Crippen molar-refractivity contribution in [3.05, 3.63) is 77.5 Å². The van der Waals surface area contributed by atoms with Crippen LogP contribution in [0.15, 0.2) is 54.7 Å². The molecule has 0 saturated carbocycles. The van der Waals surface area contributed by atoms with Crippen molar-refractivity contribution in [1.82, 2.24) is 15.0 Å². The van der Waals surface area contributed by atoms with E-state index in [1.54, 1.807) is 37.4 Å². The van der Waals surface area contributed by atoms with E-state index < -0.39 is 11.6 Å². The van der Waals surface area contributed by atoms with E-state index in [-0.39, 0.29) is 30.1 Å². The summed E-state index contributed by atoms with van der Waals surface area (Å²) in [6.45, 7) is 0.146. The van der Waals surface area contributed by atoms with E-state index in [4.69, 9.17) is 27.5 Å². The summed E-state index contributed by atoms with van der Waals surface area (Å²) in [6.07, 6.45) is 0.955. The number of nitrogens with zero attached hydrogens (tertiary/aromatic N) is 3. The van der Waals surface area contributed by atoms with Gasteiger partial charge in [-0.25, -0.2) is 19.6 Å². The lowest BCUT2D eigenvalue weighted by Crippen LogP contribution is -2.40. The number of hydrazine groups is 1. The monoisotopic (exact) mass is 431 g/mol. The first kappa shape index (κ1) is 21.3. The van der Waals surface area contributed by atoms with Crippen molar-refractivity contribution in [3.63, 3.8) is 0 Å². The van der Waals surface area contributed by atoms with Gasteiger partial charge in [-0.1, -0.05) is 30.3 Å². The van der Waals surface area contributed by atoms with Crippen LogP contribution < -0.4 is 20.6 Å². The van der Waals surface area contributed by atoms with E-state index in [2.05, 4.69) is 15.3 Å². The molecule has 2 aromatic carbocycles. The molecule has 0 radical (unpaired) electrons. The Morgan fingerprint density at radius 1 is 1.17 bits per heavy atom. The Morgan fingerprint density at radius 2 is 1.97 bits per heavy atom. The first-order valence-corrected chi connectivity index (χ1v) is 9.22. The molecule has 3 aromatic rings. The highest BCUT2D eigenvalue weighted by molar-refractivity contribution is 7.80. The number of aromatic nitrogens is 2. The number of thiocarbonyl (C=S) groups is 1. The summed E-state index contributed by atoms with van der Waals surface area (Å²) in [6, 6.07) is 13.4. The Morgan fingerprint density at radius 3 is 2.73 bits per heavy atom. The van der Waals surface area contributed by atoms with Gasteiger partial charge in [-0.15, -0.1) is 0 Å². The van der Waals surface area contributed by atoms with E-state index in [1.165, 1.54) is 6.07 Å². The fourth-order valence-corrected chi connectivity index (χ4v) is 2.63. The predicted molar refractivity (Wildman–Crippen MR) is 112 cm³/mol. The molecule has 0 spiro atoms. The van der Waals surface area contributed by atoms with E-state index in [0.717, 1.165) is 16.8 Å². The van der Waals surface area contributed by atoms with Gasteiger partial charge in [0.1, 0.15) is 18.2 Å². The minimum absolute atomic E-state index is 0.00952. The van der Waals surface area contributed by atoms with Gasteiger partial charge in [-0.05, 0) is 36.0 Å². The highest BCUT2D eigenvalue weighted by Crippen LogP contribution is 2.17. The maximum Gasteiger partial charge on any atom is 0.318 e. The van der Waals surface area contributed by atoms with Crippen LogP contribution in [0, 0.1) is 11.6 Å². The standard InChI is InChI=1S/C20H19F2N5O2S/c1-28-15-7-4-5-13(9-15)12-29-19-24-10-17(22)18(25-19)26-20(30)27(23)11-14-6-2-3-8-16(14)21/h2-10H,11-12,23H2,1H3,(H,24,25,26,30). The molecule has 3 rings (SSSR count). The van der Waals surface area contributed by atoms with Gasteiger partial charge in [-0.3, -0.25) is 5.01 Å². The topological polar surface area (TPSA) is 85.5 Å². The Labute approximate surface area is 177 Å². The maximum atomic E-state index is 14.1. The molecular formula is C20H19F2N5O2S. The molecule has 30 heavy (non-hydrogen) atoms. The Hall–Kier alpha value is -3.37. The van der Waals surface area contributed by atoms with E-state index >= 15 is 0 Å². The third-order valence-electron chi connectivity index (χ3n) is 4.01. The van der Waals surface area contributed by atoms with Crippen molar-refractivity contribution in [3.8, 4) is 11.8 Å². The lowest BCUT2D eigenvalue weighted by atomic mass is 10.2. The molecule has 0 amide bonds. The molecule has 0 unspecified atom stereocenters. The lowest BCUT2D eigenvalue weighted by molar-refractivity contribution is 0.279. The highest BCUT2D eigenvalue weighted by Gasteiger charge is 2.14. The van der Waals surface area contributed by atoms with Crippen LogP contribution in [0.2, 0.25) is 0 Å². The molecule has 7 nitrogen and oxygen atoms in total. The zero-order chi connectivity index (χ0) is 21.5. The molecule has 156 valence electrons. The van der Waals surface area contributed by atoms with Crippen molar-refractivity contribution in [1.29, 1.82) is 0 Å². The SMILES string of the molecule is COc1cccc(COc2ncc(F)c(NC(=S)N(N)Cc3ccccc3F)n2)c1. The molecule has 0 bridgehead atoms. The zero-order valence-electron chi connectivity index (χ0n) is 16.0. The molecule has 1 aromatic heterocycles. The summed E-state index contributed by atoms with van der Waals surface area (Å²) in [5, 5.41) is 3.62. The van der Waals surface area contributed by atoms with Gasteiger partial charge in [0, 0.05) is 5.56 Å². The van der Waals surface area contributed by atoms with Crippen LogP contribution in [0.25, 0.3) is 0 Å². The molecule has 10 heteroatoms. The normalized spacial score (nSPS) is 10.4. The molecule has 0 aliphatic rings. The molecule has 0 fully saturated rings. The number of rotatable bonds is 7. The molecular weight excluding hydrogens is 412 g/mol. The van der Waals surface area contributed by atoms with Gasteiger partial charge in [0.2, 0.25) is 0 Å². The quantitative estimate of drug-likeness (QED) is 0.334. The van der Waals surface area contributed by atoms with Gasteiger partial charge in [-0.2, -0.15) is 4.98 Å². The van der Waals surface area contributed by atoms with Crippen molar-refractivity contribution in [2.45, 2.75) is 13.2 Å². The van der Waals surface area contributed by atoms with Crippen LogP contribution >= 0.6 is 12.2 Å². The van der Waals surface area contributed by atoms with Crippen LogP contribution in [0.1, 0.15) is 11.1 Å². The van der Waals surface area contributed by atoms with Gasteiger partial charge >= 0.3 is 6.01 Å². The minimum atomic E-state index is -0.745. The van der Waals surface area contributed by atoms with Gasteiger partial charge in [0.05, 0.1) is 19.9 Å². The van der Waals surface area contributed by atoms with Crippen LogP contribution in [0.5, 0.6) is 11.8 Å². The Bertz CT molecular complexity index is 1040. The zero-order valence-corrected chi connectivity index (χ0v) is 16.8. The smallest absolute Gasteiger partial charge is 0.318 e. The third kappa shape index (κ3) is 5.58. The minimum Gasteiger partial charge on any atom is -0.497 e. The fourth-order valence-electron chi connectivity index (χ4n) is 2.47. The number of nitrogens with two attached hydrogens (primary N) is 1. The van der Waals surface area contributed by atoms with Crippen LogP contribution in [-0.4, -0.2) is 27.2 Å². The lowest BCUT2D eigenvalue weighted by Gasteiger charge is -2.20. The summed E-state index contributed by atoms with van der Waals surface area (Å²) in [5.74, 6) is 5.18. The van der Waals surface area contributed by atoms with E-state index in [0.29, 0.717) is 11.3 Å². The van der Waals surface area contributed by atoms with E-state index in [9.17, 15) is 8.78 Å². The second-order valence-corrected chi connectivity index (χ2v) is 6.53. The van der Waals surface area contributed by atoms with Crippen LogP contribution in [0.3, 0.4) is 0 Å². The largest absolute Gasteiger partial charge is 0.497 e. The van der Waals surface area contributed by atoms with Gasteiger partial charge in [0.25, 0.3) is 0 Å². The van der Waals surface area contributed by atoms with Crippen molar-refractivity contribution in [2.75, 3.05) is 12.4 Å². The van der Waals surface area contributed by atoms with Crippen molar-refractivity contribution in [2.24, 2.45) is 5.84 Å². The van der Waals surface area contributed by atoms with Gasteiger partial charge < -0.3 is 14.8 Å². The molecule has 3 N–H and O–H groups in total. The summed E-state index contributed by atoms with van der Waals surface area (Å²) in [5.41, 5.74) is 1.17. The van der Waals surface area contributed by atoms with Gasteiger partial charge in [0.15, 0.2) is 16.7 Å². The summed E-state index contributed by atoms with van der Waals surface area (Å²) in [4.78, 5) is 7.79. The Balaban J connectivity index is 1.64. The van der Waals surface area contributed by atoms with Crippen LogP contribution in [0.4, 0.5) is 14.6 Å². The number of halogens is 2. The van der Waals surface area contributed by atoms with Crippen LogP contribution in [-0.2, 0) is 13.2 Å². The summed E-state index contributed by atoms with van der Waals surface area (Å²) < 4.78 is 38.6. The van der Waals surface area contributed by atoms with Crippen molar-refractivity contribution < 1.29 is 18.3 Å². The molecule has 1 heterocycles. The molecule has 0 aliphatic heterocycles. The highest BCUT2D eigenvalue weighted by atomic mass is 32.1. The number of methoxy groups -OCH3 is 1. The third-order valence-corrected chi connectivity index (χ3v) is 4.35. The summed E-state index contributed by atoms with van der Waals surface area (Å²) >= 11 is 5.16. The number of hydrogen-bond acceptors (Lipinski definition) is 6. The Kier molecular flexibility index (Phi) is 7.04. The number of benzene rings is 2. The maximum absolute atomic E-state index is 14.1. The summed E-state index contributed by atoms with van der Waals surface area (Å²) in [7, 11) is 1.57. The second kappa shape index (κ2) is 9.90. The van der Waals surface area contributed by atoms with Crippen molar-refractivity contribution >= 4 is 23.1 Å². The first-order valence-electron chi connectivity index (χ1n) is 8.81. The second-order valence-electron chi connectivity index (χ2n) is 6.14. The average Bonchev–Trinajstić information content (AvgIpc) is 2.76. The number of hydrogen-bond donors (Lipinski definition) is 2.